The molecular weight excluding hydrogens is 172 g/mol. The van der Waals surface area contributed by atoms with E-state index in [1.807, 2.05) is 0 Å². The van der Waals surface area contributed by atoms with Gasteiger partial charge in [-0.25, -0.2) is 0 Å². The van der Waals surface area contributed by atoms with Gasteiger partial charge in [0.25, 0.3) is 0 Å². The minimum absolute atomic E-state index is 0.990. The van der Waals surface area contributed by atoms with E-state index in [0.29, 0.717) is 0 Å². The molecule has 0 unspecified atom stereocenters. The number of nitrogens with zero attached hydrogens (tertiary/aromatic N) is 2. The molecule has 14 heavy (non-hydrogen) atoms. The molecular formula is C12H24N2. The Morgan fingerprint density at radius 2 is 1.57 bits per heavy atom. The summed E-state index contributed by atoms with van der Waals surface area (Å²) in [6.07, 6.45) is 7.18. The maximum Gasteiger partial charge on any atom is 0.00106 e. The Kier molecular flexibility index (Phi) is 3.82. The first kappa shape index (κ1) is 10.4. The van der Waals surface area contributed by atoms with Crippen molar-refractivity contribution in [2.24, 2.45) is 5.92 Å². The predicted molar refractivity (Wildman–Crippen MR) is 60.5 cm³/mol. The van der Waals surface area contributed by atoms with Gasteiger partial charge in [0.05, 0.1) is 0 Å². The first-order valence-electron chi connectivity index (χ1n) is 6.25. The highest BCUT2D eigenvalue weighted by atomic mass is 15.1. The van der Waals surface area contributed by atoms with E-state index in [1.165, 1.54) is 64.8 Å². The van der Waals surface area contributed by atoms with Crippen LogP contribution in [0.2, 0.25) is 0 Å². The largest absolute Gasteiger partial charge is 0.306 e. The molecule has 0 aliphatic carbocycles. The Morgan fingerprint density at radius 1 is 0.929 bits per heavy atom. The molecule has 82 valence electrons. The van der Waals surface area contributed by atoms with Gasteiger partial charge in [0.2, 0.25) is 0 Å². The average molecular weight is 196 g/mol. The van der Waals surface area contributed by atoms with Gasteiger partial charge in [-0.1, -0.05) is 6.42 Å². The van der Waals surface area contributed by atoms with E-state index in [9.17, 15) is 0 Å². The molecule has 0 N–H and O–H groups in total. The number of likely N-dealkylation sites (tertiary alicyclic amines) is 2. The van der Waals surface area contributed by atoms with Crippen LogP contribution in [0.5, 0.6) is 0 Å². The highest BCUT2D eigenvalue weighted by Crippen LogP contribution is 2.19. The summed E-state index contributed by atoms with van der Waals surface area (Å²) in [7, 11) is 2.25. The van der Waals surface area contributed by atoms with Gasteiger partial charge in [0, 0.05) is 6.54 Å². The van der Waals surface area contributed by atoms with Gasteiger partial charge in [-0.15, -0.1) is 0 Å². The summed E-state index contributed by atoms with van der Waals surface area (Å²) in [6.45, 7) is 6.75. The number of piperidine rings is 2. The second-order valence-corrected chi connectivity index (χ2v) is 5.11. The standard InChI is InChI=1S/C12H24N2/c1-13-9-5-12(6-10-13)11-14-7-3-2-4-8-14/h12H,2-11H2,1H3. The van der Waals surface area contributed by atoms with E-state index in [-0.39, 0.29) is 0 Å². The summed E-state index contributed by atoms with van der Waals surface area (Å²) in [4.78, 5) is 5.16. The molecule has 2 nitrogen and oxygen atoms in total. The van der Waals surface area contributed by atoms with Crippen molar-refractivity contribution < 1.29 is 0 Å². The normalized spacial score (nSPS) is 28.1. The molecule has 0 aromatic carbocycles. The van der Waals surface area contributed by atoms with Crippen LogP contribution in [0.3, 0.4) is 0 Å². The molecule has 0 aromatic heterocycles. The molecule has 2 rings (SSSR count). The van der Waals surface area contributed by atoms with Crippen LogP contribution >= 0.6 is 0 Å². The fourth-order valence-electron chi connectivity index (χ4n) is 2.75. The van der Waals surface area contributed by atoms with E-state index in [4.69, 9.17) is 0 Å². The minimum atomic E-state index is 0.990. The molecule has 0 bridgehead atoms. The molecule has 2 fully saturated rings. The summed E-state index contributed by atoms with van der Waals surface area (Å²) in [5.41, 5.74) is 0. The van der Waals surface area contributed by atoms with E-state index >= 15 is 0 Å². The molecule has 0 amide bonds. The number of hydrogen-bond acceptors (Lipinski definition) is 2. The summed E-state index contributed by atoms with van der Waals surface area (Å²) in [5, 5.41) is 0. The molecule has 2 aliphatic heterocycles. The van der Waals surface area contributed by atoms with Gasteiger partial charge < -0.3 is 9.80 Å². The van der Waals surface area contributed by atoms with Crippen molar-refractivity contribution in [3.63, 3.8) is 0 Å². The maximum absolute atomic E-state index is 2.69. The van der Waals surface area contributed by atoms with Crippen LogP contribution < -0.4 is 0 Å². The zero-order chi connectivity index (χ0) is 9.80. The van der Waals surface area contributed by atoms with Gasteiger partial charge >= 0.3 is 0 Å². The van der Waals surface area contributed by atoms with Crippen molar-refractivity contribution in [1.82, 2.24) is 9.80 Å². The van der Waals surface area contributed by atoms with E-state index < -0.39 is 0 Å². The summed E-state index contributed by atoms with van der Waals surface area (Å²) >= 11 is 0. The Labute approximate surface area is 88.3 Å². The summed E-state index contributed by atoms with van der Waals surface area (Å²) in [5.74, 6) is 0.990. The number of hydrogen-bond donors (Lipinski definition) is 0. The molecule has 0 radical (unpaired) electrons. The quantitative estimate of drug-likeness (QED) is 0.664. The van der Waals surface area contributed by atoms with Crippen molar-refractivity contribution in [2.75, 3.05) is 39.8 Å². The lowest BCUT2D eigenvalue weighted by atomic mass is 9.96. The SMILES string of the molecule is CN1CCC(CN2CCCCC2)CC1. The lowest BCUT2D eigenvalue weighted by molar-refractivity contribution is 0.145. The fourth-order valence-corrected chi connectivity index (χ4v) is 2.75. The van der Waals surface area contributed by atoms with Crippen molar-refractivity contribution in [3.05, 3.63) is 0 Å². The molecule has 2 heterocycles. The fraction of sp³-hybridized carbons (Fsp3) is 1.00. The average Bonchev–Trinajstić information content (AvgIpc) is 2.23. The van der Waals surface area contributed by atoms with E-state index in [1.54, 1.807) is 0 Å². The van der Waals surface area contributed by atoms with E-state index in [0.717, 1.165) is 5.92 Å². The van der Waals surface area contributed by atoms with Crippen molar-refractivity contribution in [1.29, 1.82) is 0 Å². The molecule has 2 heteroatoms. The maximum atomic E-state index is 2.69. The van der Waals surface area contributed by atoms with Crippen LogP contribution in [-0.4, -0.2) is 49.6 Å². The zero-order valence-electron chi connectivity index (χ0n) is 9.54. The molecule has 2 aliphatic rings. The number of rotatable bonds is 2. The van der Waals surface area contributed by atoms with Crippen molar-refractivity contribution in [2.45, 2.75) is 32.1 Å². The Bertz CT molecular complexity index is 156. The van der Waals surface area contributed by atoms with Gasteiger partial charge in [-0.05, 0) is 64.8 Å². The Balaban J connectivity index is 1.68. The first-order chi connectivity index (χ1) is 6.84. The third-order valence-corrected chi connectivity index (χ3v) is 3.80. The third kappa shape index (κ3) is 2.96. The second kappa shape index (κ2) is 5.13. The van der Waals surface area contributed by atoms with Crippen LogP contribution in [0.4, 0.5) is 0 Å². The highest BCUT2D eigenvalue weighted by Gasteiger charge is 2.20. The molecule has 0 atom stereocenters. The molecule has 0 spiro atoms. The third-order valence-electron chi connectivity index (χ3n) is 3.80. The molecule has 0 saturated carbocycles. The van der Waals surface area contributed by atoms with Gasteiger partial charge in [-0.2, -0.15) is 0 Å². The first-order valence-corrected chi connectivity index (χ1v) is 6.25. The Hall–Kier alpha value is -0.0800. The monoisotopic (exact) mass is 196 g/mol. The van der Waals surface area contributed by atoms with Crippen molar-refractivity contribution >= 4 is 0 Å². The smallest absolute Gasteiger partial charge is 0.00106 e. The predicted octanol–water partition coefficient (Wildman–Crippen LogP) is 1.81. The van der Waals surface area contributed by atoms with Gasteiger partial charge in [0.15, 0.2) is 0 Å². The van der Waals surface area contributed by atoms with Crippen LogP contribution in [-0.2, 0) is 0 Å². The lowest BCUT2D eigenvalue weighted by Crippen LogP contribution is -2.39. The van der Waals surface area contributed by atoms with Crippen LogP contribution in [0.25, 0.3) is 0 Å². The topological polar surface area (TPSA) is 6.48 Å². The summed E-state index contributed by atoms with van der Waals surface area (Å²) < 4.78 is 0. The van der Waals surface area contributed by atoms with Crippen LogP contribution in [0.1, 0.15) is 32.1 Å². The minimum Gasteiger partial charge on any atom is -0.306 e. The van der Waals surface area contributed by atoms with Crippen LogP contribution in [0, 0.1) is 5.92 Å². The van der Waals surface area contributed by atoms with Gasteiger partial charge in [0.1, 0.15) is 0 Å². The lowest BCUT2D eigenvalue weighted by Gasteiger charge is -2.34. The summed E-state index contributed by atoms with van der Waals surface area (Å²) in [6, 6.07) is 0. The van der Waals surface area contributed by atoms with Gasteiger partial charge in [-0.3, -0.25) is 0 Å². The molecule has 0 aromatic rings. The Morgan fingerprint density at radius 3 is 2.21 bits per heavy atom. The molecule has 2 saturated heterocycles. The van der Waals surface area contributed by atoms with Crippen LogP contribution in [0.15, 0.2) is 0 Å². The highest BCUT2D eigenvalue weighted by molar-refractivity contribution is 4.75. The zero-order valence-corrected chi connectivity index (χ0v) is 9.54. The van der Waals surface area contributed by atoms with E-state index in [2.05, 4.69) is 16.8 Å². The van der Waals surface area contributed by atoms with Crippen molar-refractivity contribution in [3.8, 4) is 0 Å². The second-order valence-electron chi connectivity index (χ2n) is 5.11.